The molecule has 0 aliphatic rings. The Balaban J connectivity index is 2.09. The van der Waals surface area contributed by atoms with Crippen molar-refractivity contribution < 1.29 is 28.2 Å². The lowest BCUT2D eigenvalue weighted by atomic mass is 10.1. The van der Waals surface area contributed by atoms with Gasteiger partial charge in [-0.25, -0.2) is 14.0 Å². The van der Waals surface area contributed by atoms with E-state index < -0.39 is 18.0 Å². The molecule has 0 saturated carbocycles. The minimum atomic E-state index is -0.940. The first-order chi connectivity index (χ1) is 13.0. The van der Waals surface area contributed by atoms with Crippen LogP contribution in [0.15, 0.2) is 42.5 Å². The second-order valence-electron chi connectivity index (χ2n) is 5.57. The second kappa shape index (κ2) is 9.42. The van der Waals surface area contributed by atoms with E-state index in [9.17, 15) is 14.0 Å². The molecule has 2 N–H and O–H groups in total. The quantitative estimate of drug-likeness (QED) is 0.726. The van der Waals surface area contributed by atoms with Crippen LogP contribution in [0.1, 0.15) is 5.56 Å². The first-order valence-corrected chi connectivity index (χ1v) is 8.08. The molecule has 0 aromatic heterocycles. The molecule has 0 aliphatic heterocycles. The normalized spacial score (nSPS) is 11.3. The van der Waals surface area contributed by atoms with Crippen LogP contribution in [0.3, 0.4) is 0 Å². The third-order valence-electron chi connectivity index (χ3n) is 3.80. The summed E-state index contributed by atoms with van der Waals surface area (Å²) in [5, 5.41) is 5.17. The Bertz CT molecular complexity index is 795. The van der Waals surface area contributed by atoms with Crippen LogP contribution < -0.4 is 20.1 Å². The minimum absolute atomic E-state index is 0.153. The van der Waals surface area contributed by atoms with Crippen LogP contribution >= 0.6 is 0 Å². The third-order valence-corrected chi connectivity index (χ3v) is 3.80. The van der Waals surface area contributed by atoms with Gasteiger partial charge in [-0.05, 0) is 29.8 Å². The molecule has 2 aromatic rings. The molecule has 1 atom stereocenters. The molecular formula is C19H21FN2O5. The van der Waals surface area contributed by atoms with Gasteiger partial charge in [0.15, 0.2) is 0 Å². The maximum absolute atomic E-state index is 13.0. The highest BCUT2D eigenvalue weighted by atomic mass is 19.1. The number of carbonyl (C=O) groups excluding carboxylic acids is 2. The second-order valence-corrected chi connectivity index (χ2v) is 5.57. The van der Waals surface area contributed by atoms with E-state index >= 15 is 0 Å². The van der Waals surface area contributed by atoms with Gasteiger partial charge in [0.1, 0.15) is 23.4 Å². The fraction of sp³-hybridized carbons (Fsp3) is 0.263. The molecule has 8 heteroatoms. The van der Waals surface area contributed by atoms with E-state index in [1.165, 1.54) is 45.6 Å². The van der Waals surface area contributed by atoms with Crippen molar-refractivity contribution in [3.05, 3.63) is 53.8 Å². The monoisotopic (exact) mass is 376 g/mol. The molecule has 0 aliphatic carbocycles. The number of amides is 2. The van der Waals surface area contributed by atoms with Gasteiger partial charge in [-0.2, -0.15) is 0 Å². The smallest absolute Gasteiger partial charge is 0.328 e. The lowest BCUT2D eigenvalue weighted by molar-refractivity contribution is -0.142. The minimum Gasteiger partial charge on any atom is -0.497 e. The van der Waals surface area contributed by atoms with E-state index in [0.29, 0.717) is 22.7 Å². The van der Waals surface area contributed by atoms with Crippen LogP contribution in [0.25, 0.3) is 0 Å². The molecule has 0 radical (unpaired) electrons. The van der Waals surface area contributed by atoms with Gasteiger partial charge in [-0.1, -0.05) is 12.1 Å². The first kappa shape index (κ1) is 20.0. The number of urea groups is 1. The first-order valence-electron chi connectivity index (χ1n) is 8.08. The van der Waals surface area contributed by atoms with E-state index in [-0.39, 0.29) is 12.2 Å². The summed E-state index contributed by atoms with van der Waals surface area (Å²) < 4.78 is 28.1. The van der Waals surface area contributed by atoms with Crippen molar-refractivity contribution in [1.29, 1.82) is 0 Å². The molecule has 27 heavy (non-hydrogen) atoms. The van der Waals surface area contributed by atoms with Crippen molar-refractivity contribution in [2.45, 2.75) is 12.5 Å². The molecule has 0 spiro atoms. The molecule has 0 fully saturated rings. The SMILES string of the molecule is COC(=O)C(Cc1ccc(F)cc1)NC(=O)Nc1ccc(OC)cc1OC. The zero-order valence-electron chi connectivity index (χ0n) is 15.2. The van der Waals surface area contributed by atoms with E-state index in [1.54, 1.807) is 18.2 Å². The summed E-state index contributed by atoms with van der Waals surface area (Å²) in [7, 11) is 4.21. The Kier molecular flexibility index (Phi) is 6.99. The Morgan fingerprint density at radius 2 is 1.74 bits per heavy atom. The summed E-state index contributed by atoms with van der Waals surface area (Å²) >= 11 is 0. The molecule has 7 nitrogen and oxygen atoms in total. The molecule has 1 unspecified atom stereocenters. The number of hydrogen-bond acceptors (Lipinski definition) is 5. The summed E-state index contributed by atoms with van der Waals surface area (Å²) in [5.74, 6) is -0.0268. The van der Waals surface area contributed by atoms with Gasteiger partial charge >= 0.3 is 12.0 Å². The molecule has 144 valence electrons. The van der Waals surface area contributed by atoms with Crippen molar-refractivity contribution in [1.82, 2.24) is 5.32 Å². The molecule has 0 bridgehead atoms. The van der Waals surface area contributed by atoms with E-state index in [2.05, 4.69) is 10.6 Å². The van der Waals surface area contributed by atoms with Crippen molar-refractivity contribution in [3.63, 3.8) is 0 Å². The molecular weight excluding hydrogens is 355 g/mol. The molecule has 2 amide bonds. The number of hydrogen-bond donors (Lipinski definition) is 2. The number of nitrogens with one attached hydrogen (secondary N) is 2. The maximum atomic E-state index is 13.0. The summed E-state index contributed by atoms with van der Waals surface area (Å²) in [4.78, 5) is 24.3. The number of anilines is 1. The van der Waals surface area contributed by atoms with Gasteiger partial charge in [-0.3, -0.25) is 0 Å². The Hall–Kier alpha value is -3.29. The predicted octanol–water partition coefficient (Wildman–Crippen LogP) is 2.75. The van der Waals surface area contributed by atoms with Crippen molar-refractivity contribution in [3.8, 4) is 11.5 Å². The largest absolute Gasteiger partial charge is 0.497 e. The summed E-state index contributed by atoms with van der Waals surface area (Å²) in [6.07, 6.45) is 0.153. The average molecular weight is 376 g/mol. The summed E-state index contributed by atoms with van der Waals surface area (Å²) in [6, 6.07) is 8.98. The standard InChI is InChI=1S/C19H21FN2O5/c1-25-14-8-9-15(17(11-14)26-2)21-19(24)22-16(18(23)27-3)10-12-4-6-13(20)7-5-12/h4-9,11,16H,10H2,1-3H3,(H2,21,22,24). The number of ether oxygens (including phenoxy) is 3. The average Bonchev–Trinajstić information content (AvgIpc) is 2.68. The van der Waals surface area contributed by atoms with Crippen LogP contribution in [-0.4, -0.2) is 39.4 Å². The third kappa shape index (κ3) is 5.60. The van der Waals surface area contributed by atoms with Gasteiger partial charge in [0, 0.05) is 12.5 Å². The van der Waals surface area contributed by atoms with Crippen LogP contribution in [0, 0.1) is 5.82 Å². The number of esters is 1. The lowest BCUT2D eigenvalue weighted by Gasteiger charge is -2.18. The summed E-state index contributed by atoms with van der Waals surface area (Å²) in [6.45, 7) is 0. The zero-order valence-corrected chi connectivity index (χ0v) is 15.2. The molecule has 2 rings (SSSR count). The lowest BCUT2D eigenvalue weighted by Crippen LogP contribution is -2.45. The van der Waals surface area contributed by atoms with E-state index in [0.717, 1.165) is 0 Å². The van der Waals surface area contributed by atoms with E-state index in [4.69, 9.17) is 14.2 Å². The summed E-state index contributed by atoms with van der Waals surface area (Å²) in [5.41, 5.74) is 1.08. The van der Waals surface area contributed by atoms with Crippen molar-refractivity contribution in [2.75, 3.05) is 26.6 Å². The zero-order chi connectivity index (χ0) is 19.8. The fourth-order valence-corrected chi connectivity index (χ4v) is 2.41. The highest BCUT2D eigenvalue weighted by Gasteiger charge is 2.22. The highest BCUT2D eigenvalue weighted by Crippen LogP contribution is 2.28. The highest BCUT2D eigenvalue weighted by molar-refractivity contribution is 5.94. The van der Waals surface area contributed by atoms with E-state index in [1.807, 2.05) is 0 Å². The molecule has 0 heterocycles. The van der Waals surface area contributed by atoms with Gasteiger partial charge in [0.25, 0.3) is 0 Å². The van der Waals surface area contributed by atoms with Crippen LogP contribution in [0.2, 0.25) is 0 Å². The van der Waals surface area contributed by atoms with Crippen molar-refractivity contribution in [2.24, 2.45) is 0 Å². The topological polar surface area (TPSA) is 85.9 Å². The van der Waals surface area contributed by atoms with Gasteiger partial charge in [0.2, 0.25) is 0 Å². The number of rotatable bonds is 7. The Morgan fingerprint density at radius 1 is 1.04 bits per heavy atom. The molecule has 0 saturated heterocycles. The molecule has 2 aromatic carbocycles. The number of halogens is 1. The Morgan fingerprint density at radius 3 is 2.33 bits per heavy atom. The van der Waals surface area contributed by atoms with Gasteiger partial charge in [-0.15, -0.1) is 0 Å². The fourth-order valence-electron chi connectivity index (χ4n) is 2.41. The maximum Gasteiger partial charge on any atom is 0.328 e. The number of methoxy groups -OCH3 is 3. The van der Waals surface area contributed by atoms with Crippen LogP contribution in [0.4, 0.5) is 14.9 Å². The van der Waals surface area contributed by atoms with Crippen molar-refractivity contribution >= 4 is 17.7 Å². The Labute approximate surface area is 156 Å². The van der Waals surface area contributed by atoms with Gasteiger partial charge < -0.3 is 24.8 Å². The number of carbonyl (C=O) groups is 2. The van der Waals surface area contributed by atoms with Crippen LogP contribution in [-0.2, 0) is 16.0 Å². The number of benzene rings is 2. The van der Waals surface area contributed by atoms with Gasteiger partial charge in [0.05, 0.1) is 27.0 Å². The van der Waals surface area contributed by atoms with Crippen LogP contribution in [0.5, 0.6) is 11.5 Å². The predicted molar refractivity (Wildman–Crippen MR) is 97.6 cm³/mol.